The van der Waals surface area contributed by atoms with E-state index in [1.165, 1.54) is 0 Å². The Morgan fingerprint density at radius 3 is 2.56 bits per heavy atom. The lowest BCUT2D eigenvalue weighted by atomic mass is 9.98. The zero-order valence-electron chi connectivity index (χ0n) is 18.7. The maximum absolute atomic E-state index is 13.6. The fraction of sp³-hybridized carbons (Fsp3) is 0.609. The number of hydrogen-bond donors (Lipinski definition) is 1. The summed E-state index contributed by atoms with van der Waals surface area (Å²) in [4.78, 5) is 27.6. The summed E-state index contributed by atoms with van der Waals surface area (Å²) in [5.74, 6) is -0.00878. The normalized spacial score (nSPS) is 23.3. The lowest BCUT2D eigenvalue weighted by Gasteiger charge is -2.44. The summed E-state index contributed by atoms with van der Waals surface area (Å²) in [6.07, 6.45) is 0.889. The van der Waals surface area contributed by atoms with Gasteiger partial charge in [0.1, 0.15) is 12.6 Å². The van der Waals surface area contributed by atoms with Gasteiger partial charge in [0.15, 0.2) is 0 Å². The van der Waals surface area contributed by atoms with Crippen molar-refractivity contribution in [2.45, 2.75) is 63.0 Å². The zero-order chi connectivity index (χ0) is 23.5. The van der Waals surface area contributed by atoms with Gasteiger partial charge in [0.2, 0.25) is 5.91 Å². The van der Waals surface area contributed by atoms with E-state index in [-0.39, 0.29) is 43.5 Å². The van der Waals surface area contributed by atoms with Gasteiger partial charge in [0.25, 0.3) is 5.91 Å². The first kappa shape index (κ1) is 24.7. The van der Waals surface area contributed by atoms with Crippen molar-refractivity contribution in [3.63, 3.8) is 0 Å². The van der Waals surface area contributed by atoms with Gasteiger partial charge in [-0.15, -0.1) is 0 Å². The van der Waals surface area contributed by atoms with Gasteiger partial charge in [-0.25, -0.2) is 0 Å². The third kappa shape index (κ3) is 6.09. The Bertz CT molecular complexity index is 905. The molecule has 1 aromatic rings. The molecule has 0 bridgehead atoms. The highest BCUT2D eigenvalue weighted by Gasteiger charge is 2.47. The molecule has 0 spiro atoms. The van der Waals surface area contributed by atoms with Gasteiger partial charge in [0.05, 0.1) is 25.1 Å². The second-order valence-electron chi connectivity index (χ2n) is 9.30. The van der Waals surface area contributed by atoms with Gasteiger partial charge in [-0.3, -0.25) is 13.8 Å². The predicted molar refractivity (Wildman–Crippen MR) is 123 cm³/mol. The summed E-state index contributed by atoms with van der Waals surface area (Å²) in [6, 6.07) is 8.62. The lowest BCUT2D eigenvalue weighted by molar-refractivity contribution is -0.166. The lowest BCUT2D eigenvalue weighted by Crippen LogP contribution is -2.57. The van der Waals surface area contributed by atoms with Crippen LogP contribution >= 0.6 is 11.6 Å². The van der Waals surface area contributed by atoms with E-state index in [9.17, 15) is 13.8 Å². The molecule has 7 nitrogen and oxygen atoms in total. The Hall–Kier alpha value is -1.95. The summed E-state index contributed by atoms with van der Waals surface area (Å²) in [7, 11) is -1.14. The summed E-state index contributed by atoms with van der Waals surface area (Å²) < 4.78 is 18.5. The molecule has 1 aliphatic heterocycles. The number of nitrogens with zero attached hydrogens (tertiary/aromatic N) is 2. The van der Waals surface area contributed by atoms with E-state index in [4.69, 9.17) is 21.6 Å². The minimum absolute atomic E-state index is 0.119. The van der Waals surface area contributed by atoms with Gasteiger partial charge < -0.3 is 15.0 Å². The minimum Gasteiger partial charge on any atom is -0.365 e. The van der Waals surface area contributed by atoms with Gasteiger partial charge in [-0.2, -0.15) is 5.26 Å². The topological polar surface area (TPSA) is 99.5 Å². The van der Waals surface area contributed by atoms with Crippen LogP contribution in [0.25, 0.3) is 0 Å². The van der Waals surface area contributed by atoms with Crippen LogP contribution in [0.5, 0.6) is 0 Å². The summed E-state index contributed by atoms with van der Waals surface area (Å²) >= 11 is 6.06. The molecule has 1 N–H and O–H groups in total. The molecular weight excluding hydrogens is 450 g/mol. The highest BCUT2D eigenvalue weighted by atomic mass is 35.5. The molecule has 1 heterocycles. The van der Waals surface area contributed by atoms with E-state index < -0.39 is 27.6 Å². The molecular formula is C23H30ClN3O4S. The molecule has 1 saturated carbocycles. The number of carbonyl (C=O) groups is 2. The molecule has 1 aromatic carbocycles. The summed E-state index contributed by atoms with van der Waals surface area (Å²) in [5.41, 5.74) is 0.891. The zero-order valence-corrected chi connectivity index (χ0v) is 20.2. The molecule has 3 rings (SSSR count). The Morgan fingerprint density at radius 1 is 1.34 bits per heavy atom. The van der Waals surface area contributed by atoms with Crippen LogP contribution in [-0.2, 0) is 25.1 Å². The van der Waals surface area contributed by atoms with E-state index >= 15 is 0 Å². The number of nitrogens with one attached hydrogen (secondary N) is 1. The first-order valence-corrected chi connectivity index (χ1v) is 12.5. The molecule has 2 aliphatic rings. The molecule has 4 unspecified atom stereocenters. The molecule has 2 amide bonds. The van der Waals surface area contributed by atoms with Crippen molar-refractivity contribution in [1.29, 1.82) is 5.26 Å². The second kappa shape index (κ2) is 10.3. The van der Waals surface area contributed by atoms with Crippen LogP contribution in [0.15, 0.2) is 24.3 Å². The molecule has 4 atom stereocenters. The average Bonchev–Trinajstić information content (AvgIpc) is 3.57. The number of amides is 2. The number of benzene rings is 1. The van der Waals surface area contributed by atoms with Crippen molar-refractivity contribution in [1.82, 2.24) is 10.2 Å². The number of morpholine rings is 1. The first-order valence-electron chi connectivity index (χ1n) is 10.8. The van der Waals surface area contributed by atoms with E-state index in [0.717, 1.165) is 18.4 Å². The molecule has 1 aliphatic carbocycles. The number of nitriles is 1. The molecule has 0 aromatic heterocycles. The number of hydrogen-bond acceptors (Lipinski definition) is 5. The number of ether oxygens (including phenoxy) is 1. The molecule has 174 valence electrons. The van der Waals surface area contributed by atoms with Crippen LogP contribution in [0.1, 0.15) is 51.6 Å². The van der Waals surface area contributed by atoms with Gasteiger partial charge in [-0.1, -0.05) is 23.7 Å². The van der Waals surface area contributed by atoms with E-state index in [0.29, 0.717) is 10.8 Å². The SMILES string of the molecule is CC(C)(C)S(=O)CC(C1CC1)N1C(=O)C(CC(=O)NCC#N)OCC1c1ccc(Cl)cc1. The third-order valence-corrected chi connectivity index (χ3v) is 8.10. The van der Waals surface area contributed by atoms with E-state index in [2.05, 4.69) is 5.32 Å². The van der Waals surface area contributed by atoms with Crippen molar-refractivity contribution in [2.24, 2.45) is 5.92 Å². The van der Waals surface area contributed by atoms with Crippen LogP contribution in [0.4, 0.5) is 0 Å². The fourth-order valence-corrected chi connectivity index (χ4v) is 5.24. The maximum Gasteiger partial charge on any atom is 0.253 e. The number of halogens is 1. The predicted octanol–water partition coefficient (Wildman–Crippen LogP) is 2.96. The van der Waals surface area contributed by atoms with E-state index in [1.54, 1.807) is 12.1 Å². The van der Waals surface area contributed by atoms with Crippen LogP contribution in [0.2, 0.25) is 5.02 Å². The van der Waals surface area contributed by atoms with Crippen molar-refractivity contribution >= 4 is 34.2 Å². The standard InChI is InChI=1S/C23H30ClN3O4S/c1-23(2,3)32(30)14-19(16-4-5-16)27-18(15-6-8-17(24)9-7-15)13-31-20(22(27)29)12-21(28)26-11-10-25/h6-9,16,18-20H,4-5,11-14H2,1-3H3,(H,26,28). The van der Waals surface area contributed by atoms with Crippen molar-refractivity contribution in [3.8, 4) is 6.07 Å². The highest BCUT2D eigenvalue weighted by Crippen LogP contribution is 2.41. The van der Waals surface area contributed by atoms with Crippen LogP contribution in [0.3, 0.4) is 0 Å². The number of rotatable bonds is 8. The quantitative estimate of drug-likeness (QED) is 0.578. The maximum atomic E-state index is 13.6. The Balaban J connectivity index is 1.90. The monoisotopic (exact) mass is 479 g/mol. The highest BCUT2D eigenvalue weighted by molar-refractivity contribution is 7.86. The summed E-state index contributed by atoms with van der Waals surface area (Å²) in [6.45, 7) is 5.93. The van der Waals surface area contributed by atoms with Crippen LogP contribution < -0.4 is 5.32 Å². The minimum atomic E-state index is -1.14. The average molecular weight is 480 g/mol. The van der Waals surface area contributed by atoms with Gasteiger partial charge in [-0.05, 0) is 57.2 Å². The third-order valence-electron chi connectivity index (χ3n) is 5.84. The first-order chi connectivity index (χ1) is 15.1. The van der Waals surface area contributed by atoms with Crippen molar-refractivity contribution in [3.05, 3.63) is 34.9 Å². The summed E-state index contributed by atoms with van der Waals surface area (Å²) in [5, 5.41) is 11.7. The Morgan fingerprint density at radius 2 is 2.00 bits per heavy atom. The Labute approximate surface area is 196 Å². The molecule has 9 heteroatoms. The molecule has 32 heavy (non-hydrogen) atoms. The molecule has 1 saturated heterocycles. The molecule has 2 fully saturated rings. The largest absolute Gasteiger partial charge is 0.365 e. The number of carbonyl (C=O) groups excluding carboxylic acids is 2. The molecule has 0 radical (unpaired) electrons. The van der Waals surface area contributed by atoms with Gasteiger partial charge in [0, 0.05) is 32.4 Å². The van der Waals surface area contributed by atoms with Gasteiger partial charge >= 0.3 is 0 Å². The van der Waals surface area contributed by atoms with Crippen LogP contribution in [0, 0.1) is 17.2 Å². The second-order valence-corrected chi connectivity index (χ2v) is 12.0. The fourth-order valence-electron chi connectivity index (χ4n) is 3.87. The smallest absolute Gasteiger partial charge is 0.253 e. The Kier molecular flexibility index (Phi) is 7.97. The van der Waals surface area contributed by atoms with Crippen LogP contribution in [-0.4, -0.2) is 56.7 Å². The van der Waals surface area contributed by atoms with Crippen molar-refractivity contribution < 1.29 is 18.5 Å². The van der Waals surface area contributed by atoms with E-state index in [1.807, 2.05) is 43.9 Å². The van der Waals surface area contributed by atoms with Crippen molar-refractivity contribution in [2.75, 3.05) is 18.9 Å².